The second kappa shape index (κ2) is 6.98. The molecule has 2 rings (SSSR count). The van der Waals surface area contributed by atoms with Gasteiger partial charge in [-0.25, -0.2) is 0 Å². The zero-order valence-corrected chi connectivity index (χ0v) is 11.9. The lowest BCUT2D eigenvalue weighted by molar-refractivity contribution is 0.0914. The van der Waals surface area contributed by atoms with Crippen LogP contribution in [0.5, 0.6) is 0 Å². The summed E-state index contributed by atoms with van der Waals surface area (Å²) in [6.07, 6.45) is 0.970. The van der Waals surface area contributed by atoms with Crippen molar-refractivity contribution in [3.8, 4) is 0 Å². The predicted molar refractivity (Wildman–Crippen MR) is 76.6 cm³/mol. The zero-order valence-electron chi connectivity index (χ0n) is 10.3. The molecule has 1 fully saturated rings. The Kier molecular flexibility index (Phi) is 5.93. The van der Waals surface area contributed by atoms with Gasteiger partial charge in [0, 0.05) is 6.04 Å². The number of hydrogen-bond donors (Lipinski definition) is 2. The molecule has 1 amide bonds. The van der Waals surface area contributed by atoms with Gasteiger partial charge in [-0.1, -0.05) is 30.7 Å². The summed E-state index contributed by atoms with van der Waals surface area (Å²) in [5.74, 6) is 0.379. The van der Waals surface area contributed by atoms with Gasteiger partial charge in [-0.2, -0.15) is 0 Å². The van der Waals surface area contributed by atoms with E-state index in [2.05, 4.69) is 17.6 Å². The molecule has 0 aromatic heterocycles. The molecule has 1 aromatic rings. The average molecular weight is 289 g/mol. The third-order valence-electron chi connectivity index (χ3n) is 3.22. The Labute approximate surface area is 119 Å². The van der Waals surface area contributed by atoms with Crippen molar-refractivity contribution < 1.29 is 4.79 Å². The summed E-state index contributed by atoms with van der Waals surface area (Å²) in [4.78, 5) is 12.1. The molecule has 5 heteroatoms. The van der Waals surface area contributed by atoms with Gasteiger partial charge in [-0.05, 0) is 37.6 Å². The van der Waals surface area contributed by atoms with Crippen LogP contribution in [0.25, 0.3) is 0 Å². The highest BCUT2D eigenvalue weighted by atomic mass is 35.5. The Hall–Kier alpha value is -0.770. The Morgan fingerprint density at radius 2 is 2.17 bits per heavy atom. The number of rotatable bonds is 2. The SMILES string of the molecule is CC1CNCCC1NC(=O)c1ccccc1Cl.Cl. The molecule has 1 aliphatic rings. The summed E-state index contributed by atoms with van der Waals surface area (Å²) in [5, 5.41) is 6.88. The van der Waals surface area contributed by atoms with Crippen LogP contribution in [0, 0.1) is 5.92 Å². The van der Waals surface area contributed by atoms with E-state index in [4.69, 9.17) is 11.6 Å². The van der Waals surface area contributed by atoms with Crippen LogP contribution in [-0.2, 0) is 0 Å². The van der Waals surface area contributed by atoms with Crippen molar-refractivity contribution in [1.82, 2.24) is 10.6 Å². The van der Waals surface area contributed by atoms with E-state index >= 15 is 0 Å². The van der Waals surface area contributed by atoms with Crippen molar-refractivity contribution in [2.75, 3.05) is 13.1 Å². The maximum absolute atomic E-state index is 12.1. The van der Waals surface area contributed by atoms with Crippen LogP contribution in [0.2, 0.25) is 5.02 Å². The van der Waals surface area contributed by atoms with Gasteiger partial charge < -0.3 is 10.6 Å². The summed E-state index contributed by atoms with van der Waals surface area (Å²) in [6, 6.07) is 7.38. The highest BCUT2D eigenvalue weighted by Gasteiger charge is 2.23. The third-order valence-corrected chi connectivity index (χ3v) is 3.55. The highest BCUT2D eigenvalue weighted by Crippen LogP contribution is 2.16. The Morgan fingerprint density at radius 3 is 2.83 bits per heavy atom. The first kappa shape index (κ1) is 15.3. The van der Waals surface area contributed by atoms with E-state index in [1.165, 1.54) is 0 Å². The molecule has 1 heterocycles. The van der Waals surface area contributed by atoms with Crippen molar-refractivity contribution in [1.29, 1.82) is 0 Å². The quantitative estimate of drug-likeness (QED) is 0.878. The zero-order chi connectivity index (χ0) is 12.3. The predicted octanol–water partition coefficient (Wildman–Crippen LogP) is 2.49. The fraction of sp³-hybridized carbons (Fsp3) is 0.462. The van der Waals surface area contributed by atoms with E-state index in [0.29, 0.717) is 16.5 Å². The minimum Gasteiger partial charge on any atom is -0.349 e. The molecule has 3 nitrogen and oxygen atoms in total. The lowest BCUT2D eigenvalue weighted by atomic mass is 9.95. The van der Waals surface area contributed by atoms with Gasteiger partial charge in [-0.3, -0.25) is 4.79 Å². The Balaban J connectivity index is 0.00000162. The molecule has 1 saturated heterocycles. The molecule has 2 unspecified atom stereocenters. The largest absolute Gasteiger partial charge is 0.349 e. The maximum Gasteiger partial charge on any atom is 0.253 e. The number of nitrogens with one attached hydrogen (secondary N) is 2. The van der Waals surface area contributed by atoms with Crippen molar-refractivity contribution in [2.24, 2.45) is 5.92 Å². The number of carbonyl (C=O) groups is 1. The van der Waals surface area contributed by atoms with Crippen LogP contribution >= 0.6 is 24.0 Å². The molecule has 0 spiro atoms. The normalized spacial score (nSPS) is 23.0. The second-order valence-corrected chi connectivity index (χ2v) is 4.94. The lowest BCUT2D eigenvalue weighted by Crippen LogP contribution is -2.48. The smallest absolute Gasteiger partial charge is 0.253 e. The van der Waals surface area contributed by atoms with Gasteiger partial charge in [-0.15, -0.1) is 12.4 Å². The van der Waals surface area contributed by atoms with E-state index in [0.717, 1.165) is 19.5 Å². The van der Waals surface area contributed by atoms with Crippen LogP contribution in [0.3, 0.4) is 0 Å². The minimum absolute atomic E-state index is 0. The first-order chi connectivity index (χ1) is 8.18. The minimum atomic E-state index is -0.0747. The van der Waals surface area contributed by atoms with Crippen LogP contribution < -0.4 is 10.6 Å². The molecule has 2 N–H and O–H groups in total. The molecular formula is C13H18Cl2N2O. The van der Waals surface area contributed by atoms with Gasteiger partial charge in [0.25, 0.3) is 5.91 Å². The number of piperidine rings is 1. The standard InChI is InChI=1S/C13H17ClN2O.ClH/c1-9-8-15-7-6-12(9)16-13(17)10-4-2-3-5-11(10)14;/h2-5,9,12,15H,6-8H2,1H3,(H,16,17);1H. The molecule has 18 heavy (non-hydrogen) atoms. The highest BCUT2D eigenvalue weighted by molar-refractivity contribution is 6.33. The van der Waals surface area contributed by atoms with Crippen molar-refractivity contribution in [2.45, 2.75) is 19.4 Å². The Bertz CT molecular complexity index is 412. The molecule has 1 aliphatic heterocycles. The van der Waals surface area contributed by atoms with Gasteiger partial charge in [0.1, 0.15) is 0 Å². The van der Waals surface area contributed by atoms with Crippen LogP contribution in [-0.4, -0.2) is 25.0 Å². The van der Waals surface area contributed by atoms with E-state index in [-0.39, 0.29) is 24.4 Å². The van der Waals surface area contributed by atoms with Gasteiger partial charge >= 0.3 is 0 Å². The Morgan fingerprint density at radius 1 is 1.44 bits per heavy atom. The first-order valence-corrected chi connectivity index (χ1v) is 6.32. The third kappa shape index (κ3) is 3.61. The molecule has 100 valence electrons. The molecule has 0 aliphatic carbocycles. The topological polar surface area (TPSA) is 41.1 Å². The van der Waals surface area contributed by atoms with E-state index < -0.39 is 0 Å². The average Bonchev–Trinajstić information content (AvgIpc) is 2.32. The first-order valence-electron chi connectivity index (χ1n) is 5.94. The molecular weight excluding hydrogens is 271 g/mol. The van der Waals surface area contributed by atoms with Crippen molar-refractivity contribution in [3.05, 3.63) is 34.9 Å². The molecule has 1 aromatic carbocycles. The van der Waals surface area contributed by atoms with Gasteiger partial charge in [0.05, 0.1) is 10.6 Å². The molecule has 0 bridgehead atoms. The molecule has 0 saturated carbocycles. The van der Waals surface area contributed by atoms with E-state index in [1.807, 2.05) is 12.1 Å². The molecule has 2 atom stereocenters. The van der Waals surface area contributed by atoms with Crippen LogP contribution in [0.15, 0.2) is 24.3 Å². The van der Waals surface area contributed by atoms with Crippen LogP contribution in [0.4, 0.5) is 0 Å². The number of halogens is 2. The second-order valence-electron chi connectivity index (χ2n) is 4.53. The summed E-state index contributed by atoms with van der Waals surface area (Å²) in [5.41, 5.74) is 0.555. The summed E-state index contributed by atoms with van der Waals surface area (Å²) < 4.78 is 0. The fourth-order valence-corrected chi connectivity index (χ4v) is 2.34. The maximum atomic E-state index is 12.1. The van der Waals surface area contributed by atoms with Gasteiger partial charge in [0.2, 0.25) is 0 Å². The summed E-state index contributed by atoms with van der Waals surface area (Å²) in [7, 11) is 0. The summed E-state index contributed by atoms with van der Waals surface area (Å²) in [6.45, 7) is 4.05. The number of hydrogen-bond acceptors (Lipinski definition) is 2. The number of carbonyl (C=O) groups excluding carboxylic acids is 1. The monoisotopic (exact) mass is 288 g/mol. The van der Waals surface area contributed by atoms with Crippen molar-refractivity contribution >= 4 is 29.9 Å². The van der Waals surface area contributed by atoms with E-state index in [1.54, 1.807) is 12.1 Å². The fourth-order valence-electron chi connectivity index (χ4n) is 2.12. The molecule has 0 radical (unpaired) electrons. The van der Waals surface area contributed by atoms with E-state index in [9.17, 15) is 4.79 Å². The number of amides is 1. The number of benzene rings is 1. The summed E-state index contributed by atoms with van der Waals surface area (Å²) >= 11 is 6.00. The lowest BCUT2D eigenvalue weighted by Gasteiger charge is -2.30. The van der Waals surface area contributed by atoms with Crippen molar-refractivity contribution in [3.63, 3.8) is 0 Å². The van der Waals surface area contributed by atoms with Crippen LogP contribution in [0.1, 0.15) is 23.7 Å². The van der Waals surface area contributed by atoms with Gasteiger partial charge in [0.15, 0.2) is 0 Å².